The molecule has 186 valence electrons. The lowest BCUT2D eigenvalue weighted by Crippen LogP contribution is -2.16. The number of nitrogen functional groups attached to an aromatic ring is 1. The van der Waals surface area contributed by atoms with Gasteiger partial charge in [-0.2, -0.15) is 0 Å². The molecule has 0 aliphatic carbocycles. The fourth-order valence-electron chi connectivity index (χ4n) is 4.06. The number of carbonyl (C=O) groups is 2. The Morgan fingerprint density at radius 3 is 2.51 bits per heavy atom. The number of ether oxygens (including phenoxy) is 1. The van der Waals surface area contributed by atoms with Gasteiger partial charge in [-0.3, -0.25) is 9.59 Å². The van der Waals surface area contributed by atoms with Crippen LogP contribution in [-0.4, -0.2) is 23.9 Å². The van der Waals surface area contributed by atoms with Crippen molar-refractivity contribution in [2.24, 2.45) is 0 Å². The van der Waals surface area contributed by atoms with E-state index in [2.05, 4.69) is 31.5 Å². The average molecular weight is 577 g/mol. The van der Waals surface area contributed by atoms with Crippen LogP contribution >= 0.6 is 27.3 Å². The third-order valence-electron chi connectivity index (χ3n) is 5.76. The summed E-state index contributed by atoms with van der Waals surface area (Å²) >= 11 is 4.56. The number of aryl methyl sites for hydroxylation is 1. The molecule has 0 radical (unpaired) electrons. The number of anilines is 3. The lowest BCUT2D eigenvalue weighted by atomic mass is 9.96. The second kappa shape index (κ2) is 10.1. The summed E-state index contributed by atoms with van der Waals surface area (Å²) in [5.74, 6) is -0.230. The zero-order chi connectivity index (χ0) is 26.1. The first-order chi connectivity index (χ1) is 17.9. The lowest BCUT2D eigenvalue weighted by molar-refractivity contribution is 0.102. The minimum Gasteiger partial charge on any atom is -0.495 e. The summed E-state index contributed by atoms with van der Waals surface area (Å²) in [5, 5.41) is 6.30. The van der Waals surface area contributed by atoms with Crippen LogP contribution in [0.2, 0.25) is 0 Å². The maximum atomic E-state index is 13.6. The second-order valence-corrected chi connectivity index (χ2v) is 10.0. The van der Waals surface area contributed by atoms with Crippen LogP contribution in [0.1, 0.15) is 25.7 Å². The third kappa shape index (κ3) is 4.68. The van der Waals surface area contributed by atoms with Crippen LogP contribution in [0.4, 0.5) is 17.1 Å². The van der Waals surface area contributed by atoms with E-state index in [1.807, 2.05) is 18.2 Å². The Balaban J connectivity index is 1.63. The standard InChI is InChI=1S/C27H21BrN4O4S/c1-14-20(25(33)32-18-5-3-4-6-19(18)35-2)21(15-11-12-36-13-15)22-23(29)24(37-27(22)30-14)26(34)31-17-9-7-16(28)8-10-17/h3-13H,29H2,1-2H3,(H,31,34)(H,32,33). The van der Waals surface area contributed by atoms with Gasteiger partial charge in [-0.05, 0) is 49.4 Å². The highest BCUT2D eigenvalue weighted by Crippen LogP contribution is 2.43. The third-order valence-corrected chi connectivity index (χ3v) is 7.38. The molecule has 10 heteroatoms. The zero-order valence-electron chi connectivity index (χ0n) is 19.8. The first kappa shape index (κ1) is 24.5. The van der Waals surface area contributed by atoms with Gasteiger partial charge in [-0.1, -0.05) is 28.1 Å². The molecule has 0 fully saturated rings. The Labute approximate surface area is 224 Å². The minimum atomic E-state index is -0.390. The molecule has 0 aliphatic heterocycles. The number of rotatable bonds is 6. The van der Waals surface area contributed by atoms with Crippen LogP contribution in [0, 0.1) is 6.92 Å². The first-order valence-corrected chi connectivity index (χ1v) is 12.7. The van der Waals surface area contributed by atoms with Crippen molar-refractivity contribution in [3.05, 3.63) is 87.7 Å². The first-order valence-electron chi connectivity index (χ1n) is 11.1. The number of nitrogens with two attached hydrogens (primary N) is 1. The van der Waals surface area contributed by atoms with E-state index < -0.39 is 0 Å². The molecule has 0 bridgehead atoms. The smallest absolute Gasteiger partial charge is 0.267 e. The van der Waals surface area contributed by atoms with Gasteiger partial charge >= 0.3 is 0 Å². The van der Waals surface area contributed by atoms with Crippen LogP contribution in [0.3, 0.4) is 0 Å². The highest BCUT2D eigenvalue weighted by atomic mass is 79.9. The molecule has 0 spiro atoms. The molecule has 0 atom stereocenters. The molecule has 2 amide bonds. The summed E-state index contributed by atoms with van der Waals surface area (Å²) in [6.45, 7) is 1.75. The van der Waals surface area contributed by atoms with E-state index in [0.29, 0.717) is 54.6 Å². The number of para-hydroxylation sites is 2. The molecule has 8 nitrogen and oxygen atoms in total. The number of amides is 2. The SMILES string of the molecule is COc1ccccc1NC(=O)c1c(C)nc2sc(C(=O)Nc3ccc(Br)cc3)c(N)c2c1-c1ccoc1. The van der Waals surface area contributed by atoms with Crippen LogP contribution in [0.25, 0.3) is 21.3 Å². The van der Waals surface area contributed by atoms with Crippen molar-refractivity contribution in [1.29, 1.82) is 0 Å². The quantitative estimate of drug-likeness (QED) is 0.206. The number of nitrogens with one attached hydrogen (secondary N) is 2. The number of aromatic nitrogens is 1. The number of fused-ring (bicyclic) bond motifs is 1. The Morgan fingerprint density at radius 2 is 1.81 bits per heavy atom. The van der Waals surface area contributed by atoms with Crippen molar-refractivity contribution in [2.75, 3.05) is 23.5 Å². The number of hydrogen-bond donors (Lipinski definition) is 3. The van der Waals surface area contributed by atoms with Gasteiger partial charge in [0, 0.05) is 26.7 Å². The molecular formula is C27H21BrN4O4S. The molecule has 37 heavy (non-hydrogen) atoms. The molecule has 0 unspecified atom stereocenters. The summed E-state index contributed by atoms with van der Waals surface area (Å²) in [6, 6.07) is 16.1. The second-order valence-electron chi connectivity index (χ2n) is 8.10. The van der Waals surface area contributed by atoms with Crippen molar-refractivity contribution < 1.29 is 18.7 Å². The fraction of sp³-hybridized carbons (Fsp3) is 0.0741. The summed E-state index contributed by atoms with van der Waals surface area (Å²) in [6.07, 6.45) is 3.05. The molecular weight excluding hydrogens is 556 g/mol. The predicted octanol–water partition coefficient (Wildman–Crippen LogP) is 6.72. The lowest BCUT2D eigenvalue weighted by Gasteiger charge is -2.15. The van der Waals surface area contributed by atoms with Crippen molar-refractivity contribution in [3.8, 4) is 16.9 Å². The van der Waals surface area contributed by atoms with Gasteiger partial charge < -0.3 is 25.5 Å². The van der Waals surface area contributed by atoms with E-state index in [0.717, 1.165) is 4.47 Å². The average Bonchev–Trinajstić information content (AvgIpc) is 3.53. The van der Waals surface area contributed by atoms with Gasteiger partial charge in [0.15, 0.2) is 0 Å². The highest BCUT2D eigenvalue weighted by Gasteiger charge is 2.27. The molecule has 2 aromatic carbocycles. The predicted molar refractivity (Wildman–Crippen MR) is 150 cm³/mol. The number of furan rings is 1. The number of pyridine rings is 1. The van der Waals surface area contributed by atoms with E-state index in [1.165, 1.54) is 31.0 Å². The maximum absolute atomic E-state index is 13.6. The van der Waals surface area contributed by atoms with E-state index in [-0.39, 0.29) is 17.5 Å². The molecule has 0 saturated heterocycles. The topological polar surface area (TPSA) is 119 Å². The number of halogens is 1. The van der Waals surface area contributed by atoms with E-state index >= 15 is 0 Å². The highest BCUT2D eigenvalue weighted by molar-refractivity contribution is 9.10. The maximum Gasteiger partial charge on any atom is 0.267 e. The van der Waals surface area contributed by atoms with E-state index in [9.17, 15) is 9.59 Å². The van der Waals surface area contributed by atoms with Crippen molar-refractivity contribution in [2.45, 2.75) is 6.92 Å². The summed E-state index contributed by atoms with van der Waals surface area (Å²) in [5.41, 5.74) is 9.93. The molecule has 3 aromatic heterocycles. The number of hydrogen-bond acceptors (Lipinski definition) is 7. The van der Waals surface area contributed by atoms with Crippen molar-refractivity contribution in [1.82, 2.24) is 4.98 Å². The van der Waals surface area contributed by atoms with Crippen LogP contribution in [0.5, 0.6) is 5.75 Å². The van der Waals surface area contributed by atoms with Gasteiger partial charge in [0.2, 0.25) is 0 Å². The summed E-state index contributed by atoms with van der Waals surface area (Å²) < 4.78 is 11.6. The summed E-state index contributed by atoms with van der Waals surface area (Å²) in [7, 11) is 1.54. The number of methoxy groups -OCH3 is 1. The Kier molecular flexibility index (Phi) is 6.68. The molecule has 0 saturated carbocycles. The van der Waals surface area contributed by atoms with E-state index in [4.69, 9.17) is 14.9 Å². The molecule has 0 aliphatic rings. The van der Waals surface area contributed by atoms with E-state index in [1.54, 1.807) is 43.3 Å². The largest absolute Gasteiger partial charge is 0.495 e. The monoisotopic (exact) mass is 576 g/mol. The van der Waals surface area contributed by atoms with Gasteiger partial charge in [-0.25, -0.2) is 4.98 Å². The fourth-order valence-corrected chi connectivity index (χ4v) is 5.37. The zero-order valence-corrected chi connectivity index (χ0v) is 22.2. The molecule has 3 heterocycles. The minimum absolute atomic E-state index is 0.240. The Hall–Kier alpha value is -4.15. The summed E-state index contributed by atoms with van der Waals surface area (Å²) in [4.78, 5) is 32.3. The molecule has 5 rings (SSSR count). The Morgan fingerprint density at radius 1 is 1.05 bits per heavy atom. The van der Waals surface area contributed by atoms with Crippen molar-refractivity contribution in [3.63, 3.8) is 0 Å². The van der Waals surface area contributed by atoms with Crippen LogP contribution < -0.4 is 21.1 Å². The number of carbonyl (C=O) groups excluding carboxylic acids is 2. The van der Waals surface area contributed by atoms with Crippen LogP contribution in [0.15, 0.2) is 76.0 Å². The molecule has 4 N–H and O–H groups in total. The number of nitrogens with zero attached hydrogens (tertiary/aromatic N) is 1. The van der Waals surface area contributed by atoms with Gasteiger partial charge in [0.25, 0.3) is 11.8 Å². The number of benzene rings is 2. The molecule has 5 aromatic rings. The van der Waals surface area contributed by atoms with Gasteiger partial charge in [-0.15, -0.1) is 11.3 Å². The van der Waals surface area contributed by atoms with Crippen molar-refractivity contribution >= 4 is 66.4 Å². The number of thiophene rings is 1. The Bertz CT molecular complexity index is 1630. The van der Waals surface area contributed by atoms with Gasteiger partial charge in [0.05, 0.1) is 42.3 Å². The normalized spacial score (nSPS) is 10.9. The van der Waals surface area contributed by atoms with Gasteiger partial charge in [0.1, 0.15) is 15.5 Å². The van der Waals surface area contributed by atoms with Crippen LogP contribution in [-0.2, 0) is 0 Å².